The molecule has 0 saturated carbocycles. The molecular formula is C27H33ClN6O2. The van der Waals surface area contributed by atoms with E-state index in [1.807, 2.05) is 31.2 Å². The number of halogens is 1. The molecule has 1 amide bonds. The molecule has 0 spiro atoms. The number of anilines is 2. The number of ether oxygens (including phenoxy) is 1. The van der Waals surface area contributed by atoms with Gasteiger partial charge in [0, 0.05) is 23.7 Å². The number of benzene rings is 2. The van der Waals surface area contributed by atoms with Crippen LogP contribution in [0.3, 0.4) is 0 Å². The lowest BCUT2D eigenvalue weighted by Crippen LogP contribution is -2.32. The van der Waals surface area contributed by atoms with Crippen LogP contribution >= 0.6 is 11.6 Å². The van der Waals surface area contributed by atoms with E-state index >= 15 is 0 Å². The van der Waals surface area contributed by atoms with Gasteiger partial charge in [0.1, 0.15) is 5.75 Å². The molecule has 8 nitrogen and oxygen atoms in total. The fourth-order valence-corrected chi connectivity index (χ4v) is 4.03. The molecule has 190 valence electrons. The molecule has 9 heteroatoms. The van der Waals surface area contributed by atoms with E-state index in [1.165, 1.54) is 0 Å². The molecule has 36 heavy (non-hydrogen) atoms. The number of rotatable bonds is 10. The van der Waals surface area contributed by atoms with Crippen LogP contribution in [-0.2, 0) is 0 Å². The van der Waals surface area contributed by atoms with E-state index in [4.69, 9.17) is 16.3 Å². The maximum absolute atomic E-state index is 12.9. The summed E-state index contributed by atoms with van der Waals surface area (Å²) in [6, 6.07) is 12.6. The van der Waals surface area contributed by atoms with Gasteiger partial charge in [-0.1, -0.05) is 58.0 Å². The molecule has 0 aliphatic rings. The van der Waals surface area contributed by atoms with Crippen molar-refractivity contribution in [3.8, 4) is 5.75 Å². The zero-order chi connectivity index (χ0) is 26.2. The molecule has 0 aliphatic carbocycles. The van der Waals surface area contributed by atoms with Crippen LogP contribution in [0.1, 0.15) is 46.0 Å². The zero-order valence-electron chi connectivity index (χ0n) is 21.4. The molecule has 2 aromatic carbocycles. The highest BCUT2D eigenvalue weighted by Crippen LogP contribution is 2.35. The normalized spacial score (nSPS) is 11.6. The Hall–Kier alpha value is -3.65. The molecule has 1 aromatic heterocycles. The summed E-state index contributed by atoms with van der Waals surface area (Å²) in [6.07, 6.45) is 1.34. The second-order valence-corrected chi connectivity index (χ2v) is 9.75. The highest BCUT2D eigenvalue weighted by molar-refractivity contribution is 6.30. The number of carbonyl (C=O) groups excluding carboxylic acids is 1. The maximum atomic E-state index is 12.9. The first-order valence-corrected chi connectivity index (χ1v) is 12.3. The fraction of sp³-hybridized carbons (Fsp3) is 0.333. The number of H-pyrrole nitrogens is 1. The Kier molecular flexibility index (Phi) is 9.25. The van der Waals surface area contributed by atoms with Crippen LogP contribution in [0, 0.1) is 11.8 Å². The fourth-order valence-electron chi connectivity index (χ4n) is 3.90. The average molecular weight is 509 g/mol. The van der Waals surface area contributed by atoms with Gasteiger partial charge in [0.15, 0.2) is 0 Å². The number of aromatic amines is 1. The van der Waals surface area contributed by atoms with Crippen molar-refractivity contribution in [1.29, 1.82) is 0 Å². The summed E-state index contributed by atoms with van der Waals surface area (Å²) in [7, 11) is 0. The molecule has 3 aromatic rings. The first-order chi connectivity index (χ1) is 17.2. The van der Waals surface area contributed by atoms with Crippen molar-refractivity contribution in [3.63, 3.8) is 0 Å². The third kappa shape index (κ3) is 7.18. The smallest absolute Gasteiger partial charge is 0.410 e. The summed E-state index contributed by atoms with van der Waals surface area (Å²) in [4.78, 5) is 15.2. The Morgan fingerprint density at radius 2 is 1.81 bits per heavy atom. The van der Waals surface area contributed by atoms with Crippen molar-refractivity contribution in [1.82, 2.24) is 20.6 Å². The minimum absolute atomic E-state index is 0.399. The standard InChI is InChI=1S/C27H33ClN6O2/c1-7-23(19(6)26-30-32-33-31-26)20-8-13-25(34(15-17(2)3)16-18(4)5)24(14-20)29-27(35)36-22-11-9-21(28)10-12-22/h7-14,17-18H,6,15-16H2,1-5H3,(H,29,35)(H,30,31,32,33). The predicted molar refractivity (Wildman–Crippen MR) is 146 cm³/mol. The molecule has 2 N–H and O–H groups in total. The van der Waals surface area contributed by atoms with Crippen LogP contribution in [-0.4, -0.2) is 39.8 Å². The monoisotopic (exact) mass is 508 g/mol. The summed E-state index contributed by atoms with van der Waals surface area (Å²) >= 11 is 5.95. The Morgan fingerprint density at radius 3 is 2.36 bits per heavy atom. The zero-order valence-corrected chi connectivity index (χ0v) is 22.1. The van der Waals surface area contributed by atoms with Crippen LogP contribution in [0.2, 0.25) is 5.02 Å². The van der Waals surface area contributed by atoms with Gasteiger partial charge in [0.05, 0.1) is 11.4 Å². The first kappa shape index (κ1) is 26.9. The van der Waals surface area contributed by atoms with E-state index in [0.29, 0.717) is 39.7 Å². The topological polar surface area (TPSA) is 96.0 Å². The van der Waals surface area contributed by atoms with E-state index in [1.54, 1.807) is 24.3 Å². The minimum Gasteiger partial charge on any atom is -0.410 e. The van der Waals surface area contributed by atoms with Gasteiger partial charge in [-0.05, 0) is 71.5 Å². The molecule has 0 bridgehead atoms. The first-order valence-electron chi connectivity index (χ1n) is 11.9. The van der Waals surface area contributed by atoms with E-state index < -0.39 is 6.09 Å². The van der Waals surface area contributed by atoms with Gasteiger partial charge in [-0.3, -0.25) is 5.32 Å². The number of amides is 1. The van der Waals surface area contributed by atoms with E-state index in [9.17, 15) is 4.79 Å². The average Bonchev–Trinajstić information content (AvgIpc) is 3.35. The molecule has 0 aliphatic heterocycles. The highest BCUT2D eigenvalue weighted by atomic mass is 35.5. The summed E-state index contributed by atoms with van der Waals surface area (Å²) in [5.74, 6) is 1.67. The van der Waals surface area contributed by atoms with E-state index in [2.05, 4.69) is 65.1 Å². The predicted octanol–water partition coefficient (Wildman–Crippen LogP) is 6.70. The van der Waals surface area contributed by atoms with Gasteiger partial charge >= 0.3 is 6.09 Å². The van der Waals surface area contributed by atoms with Crippen LogP contribution < -0.4 is 15.0 Å². The van der Waals surface area contributed by atoms with E-state index in [0.717, 1.165) is 29.9 Å². The van der Waals surface area contributed by atoms with Gasteiger partial charge in [-0.2, -0.15) is 5.21 Å². The molecular weight excluding hydrogens is 476 g/mol. The molecule has 0 saturated heterocycles. The number of hydrogen-bond donors (Lipinski definition) is 2. The van der Waals surface area contributed by atoms with Gasteiger partial charge < -0.3 is 9.64 Å². The summed E-state index contributed by atoms with van der Waals surface area (Å²) in [5, 5.41) is 17.7. The van der Waals surface area contributed by atoms with Crippen LogP contribution in [0.4, 0.5) is 16.2 Å². The number of tetrazole rings is 1. The lowest BCUT2D eigenvalue weighted by Gasteiger charge is -2.30. The largest absolute Gasteiger partial charge is 0.417 e. The van der Waals surface area contributed by atoms with Crippen molar-refractivity contribution in [2.75, 3.05) is 23.3 Å². The number of allylic oxidation sites excluding steroid dienone is 3. The van der Waals surface area contributed by atoms with Gasteiger partial charge in [-0.15, -0.1) is 10.2 Å². The Balaban J connectivity index is 1.99. The molecule has 3 rings (SSSR count). The van der Waals surface area contributed by atoms with Gasteiger partial charge in [-0.25, -0.2) is 4.79 Å². The Morgan fingerprint density at radius 1 is 1.14 bits per heavy atom. The minimum atomic E-state index is -0.594. The van der Waals surface area contributed by atoms with Crippen molar-refractivity contribution in [2.45, 2.75) is 34.6 Å². The lowest BCUT2D eigenvalue weighted by molar-refractivity contribution is 0.215. The highest BCUT2D eigenvalue weighted by Gasteiger charge is 2.19. The van der Waals surface area contributed by atoms with Crippen molar-refractivity contribution in [2.24, 2.45) is 11.8 Å². The Bertz CT molecular complexity index is 1190. The summed E-state index contributed by atoms with van der Waals surface area (Å²) in [6.45, 7) is 16.4. The van der Waals surface area contributed by atoms with Gasteiger partial charge in [0.2, 0.25) is 5.82 Å². The van der Waals surface area contributed by atoms with Crippen LogP contribution in [0.15, 0.2) is 55.1 Å². The number of nitrogens with one attached hydrogen (secondary N) is 2. The maximum Gasteiger partial charge on any atom is 0.417 e. The molecule has 0 unspecified atom stereocenters. The number of carbonyl (C=O) groups is 1. The van der Waals surface area contributed by atoms with Gasteiger partial charge in [0.25, 0.3) is 0 Å². The molecule has 0 fully saturated rings. The number of aromatic nitrogens is 4. The quantitative estimate of drug-likeness (QED) is 0.296. The number of hydrogen-bond acceptors (Lipinski definition) is 6. The third-order valence-corrected chi connectivity index (χ3v) is 5.56. The van der Waals surface area contributed by atoms with Crippen LogP contribution in [0.5, 0.6) is 5.75 Å². The van der Waals surface area contributed by atoms with E-state index in [-0.39, 0.29) is 0 Å². The molecule has 0 radical (unpaired) electrons. The number of nitrogens with zero attached hydrogens (tertiary/aromatic N) is 4. The second-order valence-electron chi connectivity index (χ2n) is 9.31. The molecule has 1 heterocycles. The lowest BCUT2D eigenvalue weighted by atomic mass is 9.97. The molecule has 0 atom stereocenters. The summed E-state index contributed by atoms with van der Waals surface area (Å²) < 4.78 is 5.51. The van der Waals surface area contributed by atoms with Crippen LogP contribution in [0.25, 0.3) is 11.1 Å². The Labute approximate surface area is 217 Å². The van der Waals surface area contributed by atoms with Crippen molar-refractivity contribution >= 4 is 40.2 Å². The third-order valence-electron chi connectivity index (χ3n) is 5.31. The second kappa shape index (κ2) is 12.4. The SMILES string of the molecule is C=C(C(=CC)c1ccc(N(CC(C)C)CC(C)C)c(NC(=O)Oc2ccc(Cl)cc2)c1)c1nn[nH]n1. The van der Waals surface area contributed by atoms with Crippen molar-refractivity contribution < 1.29 is 9.53 Å². The van der Waals surface area contributed by atoms with Crippen molar-refractivity contribution in [3.05, 3.63) is 71.5 Å². The summed E-state index contributed by atoms with van der Waals surface area (Å²) in [5.41, 5.74) is 3.85.